The summed E-state index contributed by atoms with van der Waals surface area (Å²) in [6, 6.07) is -0.906. The molecular formula is C11H14N6O3. The van der Waals surface area contributed by atoms with Crippen LogP contribution >= 0.6 is 0 Å². The molecule has 1 atom stereocenters. The van der Waals surface area contributed by atoms with Crippen LogP contribution in [0.15, 0.2) is 12.7 Å². The summed E-state index contributed by atoms with van der Waals surface area (Å²) in [7, 11) is 1.43. The van der Waals surface area contributed by atoms with E-state index in [0.29, 0.717) is 11.2 Å². The van der Waals surface area contributed by atoms with E-state index in [1.165, 1.54) is 31.2 Å². The summed E-state index contributed by atoms with van der Waals surface area (Å²) >= 11 is 0. The van der Waals surface area contributed by atoms with E-state index < -0.39 is 12.0 Å². The van der Waals surface area contributed by atoms with Gasteiger partial charge in [-0.3, -0.25) is 4.79 Å². The Kier molecular flexibility index (Phi) is 3.51. The fraction of sp³-hybridized carbons (Fsp3) is 0.364. The molecule has 2 aromatic heterocycles. The monoisotopic (exact) mass is 278 g/mol. The Morgan fingerprint density at radius 3 is 2.80 bits per heavy atom. The molecule has 3 N–H and O–H groups in total. The van der Waals surface area contributed by atoms with Crippen LogP contribution in [0, 0.1) is 0 Å². The highest BCUT2D eigenvalue weighted by atomic mass is 16.4. The molecule has 0 fully saturated rings. The van der Waals surface area contributed by atoms with Crippen LogP contribution in [-0.4, -0.2) is 54.5 Å². The number of anilines is 1. The van der Waals surface area contributed by atoms with Gasteiger partial charge >= 0.3 is 5.97 Å². The first-order chi connectivity index (χ1) is 9.41. The number of fused-ring (bicyclic) bond motifs is 1. The van der Waals surface area contributed by atoms with Crippen molar-refractivity contribution in [2.45, 2.75) is 19.5 Å². The van der Waals surface area contributed by atoms with E-state index in [0.717, 1.165) is 4.90 Å². The molecule has 9 heteroatoms. The average molecular weight is 278 g/mol. The van der Waals surface area contributed by atoms with Crippen LogP contribution in [0.25, 0.3) is 11.2 Å². The number of carboxylic acids is 1. The number of carboxylic acid groups (broad SMARTS) is 1. The van der Waals surface area contributed by atoms with Gasteiger partial charge in [0.15, 0.2) is 11.5 Å². The second-order valence-corrected chi connectivity index (χ2v) is 4.32. The van der Waals surface area contributed by atoms with E-state index in [1.54, 1.807) is 0 Å². The summed E-state index contributed by atoms with van der Waals surface area (Å²) in [4.78, 5) is 35.9. The molecule has 0 saturated heterocycles. The second-order valence-electron chi connectivity index (χ2n) is 4.32. The number of aliphatic carboxylic acids is 1. The maximum Gasteiger partial charge on any atom is 0.326 e. The minimum atomic E-state index is -1.07. The normalized spacial score (nSPS) is 12.3. The number of hydrogen-bond donors (Lipinski definition) is 2. The van der Waals surface area contributed by atoms with Gasteiger partial charge in [0.05, 0.1) is 6.33 Å². The van der Waals surface area contributed by atoms with Gasteiger partial charge in [-0.15, -0.1) is 0 Å². The largest absolute Gasteiger partial charge is 0.480 e. The SMILES string of the molecule is CC(C(=O)O)N(C)C(=O)Cn1cnc2c(N)ncnc21. The minimum absolute atomic E-state index is 0.0684. The Morgan fingerprint density at radius 1 is 1.45 bits per heavy atom. The van der Waals surface area contributed by atoms with Crippen molar-refractivity contribution in [3.63, 3.8) is 0 Å². The van der Waals surface area contributed by atoms with Gasteiger partial charge in [0, 0.05) is 7.05 Å². The van der Waals surface area contributed by atoms with Crippen molar-refractivity contribution >= 4 is 28.9 Å². The predicted molar refractivity (Wildman–Crippen MR) is 69.6 cm³/mol. The van der Waals surface area contributed by atoms with Gasteiger partial charge < -0.3 is 20.3 Å². The van der Waals surface area contributed by atoms with Gasteiger partial charge in [0.25, 0.3) is 0 Å². The molecule has 0 bridgehead atoms. The number of hydrogen-bond acceptors (Lipinski definition) is 6. The van der Waals surface area contributed by atoms with Gasteiger partial charge in [-0.25, -0.2) is 19.7 Å². The minimum Gasteiger partial charge on any atom is -0.480 e. The highest BCUT2D eigenvalue weighted by molar-refractivity contribution is 5.85. The molecule has 0 aliphatic heterocycles. The number of likely N-dealkylation sites (N-methyl/N-ethyl adjacent to an activating group) is 1. The molecular weight excluding hydrogens is 264 g/mol. The molecule has 1 amide bonds. The number of carbonyl (C=O) groups excluding carboxylic acids is 1. The van der Waals surface area contributed by atoms with E-state index >= 15 is 0 Å². The number of aromatic nitrogens is 4. The van der Waals surface area contributed by atoms with Crippen LogP contribution in [0.1, 0.15) is 6.92 Å². The lowest BCUT2D eigenvalue weighted by Crippen LogP contribution is -2.41. The number of nitrogens with zero attached hydrogens (tertiary/aromatic N) is 5. The Morgan fingerprint density at radius 2 is 2.15 bits per heavy atom. The van der Waals surface area contributed by atoms with E-state index in [2.05, 4.69) is 15.0 Å². The van der Waals surface area contributed by atoms with E-state index in [4.69, 9.17) is 10.8 Å². The van der Waals surface area contributed by atoms with Gasteiger partial charge in [0.2, 0.25) is 5.91 Å². The summed E-state index contributed by atoms with van der Waals surface area (Å²) in [6.45, 7) is 1.37. The molecule has 1 unspecified atom stereocenters. The third-order valence-corrected chi connectivity index (χ3v) is 3.07. The number of nitrogen functional groups attached to an aromatic ring is 1. The van der Waals surface area contributed by atoms with Gasteiger partial charge in [0.1, 0.15) is 24.4 Å². The van der Waals surface area contributed by atoms with Crippen molar-refractivity contribution in [3.8, 4) is 0 Å². The van der Waals surface area contributed by atoms with Crippen molar-refractivity contribution in [2.24, 2.45) is 0 Å². The maximum atomic E-state index is 12.0. The van der Waals surface area contributed by atoms with Crippen LogP contribution in [0.4, 0.5) is 5.82 Å². The molecule has 0 aliphatic rings. The highest BCUT2D eigenvalue weighted by Crippen LogP contribution is 2.14. The Hall–Kier alpha value is -2.71. The molecule has 0 saturated carbocycles. The van der Waals surface area contributed by atoms with Crippen LogP contribution < -0.4 is 5.73 Å². The van der Waals surface area contributed by atoms with Crippen molar-refractivity contribution < 1.29 is 14.7 Å². The summed E-state index contributed by atoms with van der Waals surface area (Å²) in [5.74, 6) is -1.20. The third-order valence-electron chi connectivity index (χ3n) is 3.07. The Bertz CT molecular complexity index is 667. The molecule has 2 aromatic rings. The summed E-state index contributed by atoms with van der Waals surface area (Å²) in [5.41, 5.74) is 6.49. The predicted octanol–water partition coefficient (Wildman–Crippen LogP) is -0.660. The van der Waals surface area contributed by atoms with Gasteiger partial charge in [-0.05, 0) is 6.92 Å². The molecule has 0 radical (unpaired) electrons. The zero-order chi connectivity index (χ0) is 14.9. The molecule has 0 aromatic carbocycles. The number of carbonyl (C=O) groups is 2. The first-order valence-corrected chi connectivity index (χ1v) is 5.81. The smallest absolute Gasteiger partial charge is 0.326 e. The van der Waals surface area contributed by atoms with Crippen molar-refractivity contribution in [1.29, 1.82) is 0 Å². The van der Waals surface area contributed by atoms with Crippen LogP contribution in [0.3, 0.4) is 0 Å². The molecule has 2 heterocycles. The topological polar surface area (TPSA) is 127 Å². The van der Waals surface area contributed by atoms with E-state index in [-0.39, 0.29) is 18.3 Å². The highest BCUT2D eigenvalue weighted by Gasteiger charge is 2.22. The van der Waals surface area contributed by atoms with Crippen molar-refractivity contribution in [2.75, 3.05) is 12.8 Å². The van der Waals surface area contributed by atoms with Crippen molar-refractivity contribution in [1.82, 2.24) is 24.4 Å². The first kappa shape index (κ1) is 13.7. The molecule has 0 aliphatic carbocycles. The number of amides is 1. The number of nitrogens with two attached hydrogens (primary N) is 1. The second kappa shape index (κ2) is 5.11. The Balaban J connectivity index is 2.22. The standard InChI is InChI=1S/C11H14N6O3/c1-6(11(19)20)16(2)7(18)3-17-5-15-8-9(12)13-4-14-10(8)17/h4-6H,3H2,1-2H3,(H,19,20)(H2,12,13,14). The van der Waals surface area contributed by atoms with Crippen LogP contribution in [0.5, 0.6) is 0 Å². The van der Waals surface area contributed by atoms with Crippen molar-refractivity contribution in [3.05, 3.63) is 12.7 Å². The summed E-state index contributed by atoms with van der Waals surface area (Å²) in [5, 5.41) is 8.89. The number of rotatable bonds is 4. The third kappa shape index (κ3) is 2.37. The van der Waals surface area contributed by atoms with Crippen LogP contribution in [0.2, 0.25) is 0 Å². The lowest BCUT2D eigenvalue weighted by molar-refractivity contribution is -0.148. The molecule has 106 valence electrons. The zero-order valence-electron chi connectivity index (χ0n) is 11.0. The van der Waals surface area contributed by atoms with E-state index in [9.17, 15) is 9.59 Å². The fourth-order valence-corrected chi connectivity index (χ4v) is 1.65. The molecule has 9 nitrogen and oxygen atoms in total. The lowest BCUT2D eigenvalue weighted by Gasteiger charge is -2.21. The molecule has 0 spiro atoms. The quantitative estimate of drug-likeness (QED) is 0.759. The maximum absolute atomic E-state index is 12.0. The molecule has 20 heavy (non-hydrogen) atoms. The summed E-state index contributed by atoms with van der Waals surface area (Å²) < 4.78 is 1.50. The first-order valence-electron chi connectivity index (χ1n) is 5.81. The number of imidazole rings is 1. The van der Waals surface area contributed by atoms with Gasteiger partial charge in [-0.1, -0.05) is 0 Å². The van der Waals surface area contributed by atoms with E-state index in [1.807, 2.05) is 0 Å². The fourth-order valence-electron chi connectivity index (χ4n) is 1.65. The zero-order valence-corrected chi connectivity index (χ0v) is 11.0. The molecule has 2 rings (SSSR count). The Labute approximate surface area is 114 Å². The van der Waals surface area contributed by atoms with Crippen LogP contribution in [-0.2, 0) is 16.1 Å². The average Bonchev–Trinajstić information content (AvgIpc) is 2.81. The lowest BCUT2D eigenvalue weighted by atomic mass is 10.3. The summed E-state index contributed by atoms with van der Waals surface area (Å²) in [6.07, 6.45) is 2.71. The van der Waals surface area contributed by atoms with Gasteiger partial charge in [-0.2, -0.15) is 0 Å².